The molecule has 0 bridgehead atoms. The third kappa shape index (κ3) is 3.01. The zero-order valence-corrected chi connectivity index (χ0v) is 8.97. The van der Waals surface area contributed by atoms with Crippen molar-refractivity contribution in [3.8, 4) is 0 Å². The molecular weight excluding hydrogens is 212 g/mol. The minimum atomic E-state index is -1.00. The van der Waals surface area contributed by atoms with Gasteiger partial charge in [0.1, 0.15) is 12.3 Å². The first-order chi connectivity index (χ1) is 7.54. The van der Waals surface area contributed by atoms with Gasteiger partial charge in [0.05, 0.1) is 12.1 Å². The van der Waals surface area contributed by atoms with E-state index in [1.54, 1.807) is 10.8 Å². The summed E-state index contributed by atoms with van der Waals surface area (Å²) < 4.78 is 6.45. The summed E-state index contributed by atoms with van der Waals surface area (Å²) in [4.78, 5) is 21.8. The van der Waals surface area contributed by atoms with Crippen LogP contribution in [0.1, 0.15) is 23.8 Å². The largest absolute Gasteiger partial charge is 0.481 e. The number of aryl methyl sites for hydroxylation is 1. The highest BCUT2D eigenvalue weighted by Gasteiger charge is 2.13. The summed E-state index contributed by atoms with van der Waals surface area (Å²) in [6.45, 7) is 2.33. The van der Waals surface area contributed by atoms with Crippen LogP contribution < -0.4 is 5.73 Å². The quantitative estimate of drug-likeness (QED) is 0.721. The summed E-state index contributed by atoms with van der Waals surface area (Å²) in [5.74, 6) is -1.56. The molecule has 6 nitrogen and oxygen atoms in total. The number of carboxylic acids is 1. The molecule has 0 amide bonds. The lowest BCUT2D eigenvalue weighted by molar-refractivity contribution is -0.137. The second-order valence-corrected chi connectivity index (χ2v) is 3.22. The summed E-state index contributed by atoms with van der Waals surface area (Å²) in [6.07, 6.45) is 1.43. The van der Waals surface area contributed by atoms with Gasteiger partial charge in [-0.1, -0.05) is 0 Å². The molecule has 6 heteroatoms. The van der Waals surface area contributed by atoms with E-state index >= 15 is 0 Å². The molecule has 0 aliphatic rings. The summed E-state index contributed by atoms with van der Waals surface area (Å²) in [7, 11) is 0. The smallest absolute Gasteiger partial charge is 0.355 e. The number of aliphatic carboxylic acids is 1. The van der Waals surface area contributed by atoms with Crippen molar-refractivity contribution in [3.63, 3.8) is 0 Å². The molecule has 0 saturated heterocycles. The predicted octanol–water partition coefficient (Wildman–Crippen LogP) is 0.722. The van der Waals surface area contributed by atoms with Gasteiger partial charge >= 0.3 is 11.9 Å². The maximum absolute atomic E-state index is 11.5. The van der Waals surface area contributed by atoms with E-state index in [4.69, 9.17) is 15.6 Å². The van der Waals surface area contributed by atoms with E-state index in [2.05, 4.69) is 0 Å². The molecule has 0 aliphatic carbocycles. The van der Waals surface area contributed by atoms with Gasteiger partial charge in [-0.05, 0) is 13.0 Å². The Morgan fingerprint density at radius 3 is 2.81 bits per heavy atom. The first-order valence-electron chi connectivity index (χ1n) is 4.89. The van der Waals surface area contributed by atoms with Gasteiger partial charge in [0, 0.05) is 12.7 Å². The van der Waals surface area contributed by atoms with E-state index in [-0.39, 0.29) is 13.0 Å². The minimum absolute atomic E-state index is 0.136. The van der Waals surface area contributed by atoms with Crippen LogP contribution in [0.2, 0.25) is 0 Å². The zero-order valence-electron chi connectivity index (χ0n) is 8.97. The van der Waals surface area contributed by atoms with Crippen molar-refractivity contribution < 1.29 is 19.4 Å². The highest BCUT2D eigenvalue weighted by molar-refractivity contribution is 5.89. The average Bonchev–Trinajstić information content (AvgIpc) is 2.59. The fourth-order valence-corrected chi connectivity index (χ4v) is 1.27. The fourth-order valence-electron chi connectivity index (χ4n) is 1.27. The molecule has 0 spiro atoms. The number of rotatable bonds is 5. The molecule has 1 aromatic rings. The van der Waals surface area contributed by atoms with Crippen molar-refractivity contribution >= 4 is 17.6 Å². The van der Waals surface area contributed by atoms with E-state index in [1.807, 2.05) is 6.92 Å². The van der Waals surface area contributed by atoms with Crippen molar-refractivity contribution in [3.05, 3.63) is 18.0 Å². The molecule has 0 atom stereocenters. The van der Waals surface area contributed by atoms with Crippen LogP contribution >= 0.6 is 0 Å². The van der Waals surface area contributed by atoms with E-state index in [0.29, 0.717) is 17.9 Å². The number of anilines is 1. The second kappa shape index (κ2) is 5.20. The van der Waals surface area contributed by atoms with E-state index < -0.39 is 11.9 Å². The SMILES string of the molecule is CCn1cc(N)cc1C(=O)OCCC(=O)O. The number of hydrogen-bond acceptors (Lipinski definition) is 4. The van der Waals surface area contributed by atoms with Gasteiger partial charge in [0.15, 0.2) is 0 Å². The lowest BCUT2D eigenvalue weighted by atomic mass is 10.4. The number of carbonyl (C=O) groups is 2. The average molecular weight is 226 g/mol. The van der Waals surface area contributed by atoms with Crippen LogP contribution in [0.3, 0.4) is 0 Å². The Morgan fingerprint density at radius 1 is 1.56 bits per heavy atom. The van der Waals surface area contributed by atoms with Crippen molar-refractivity contribution in [2.24, 2.45) is 0 Å². The molecule has 88 valence electrons. The third-order valence-electron chi connectivity index (χ3n) is 2.02. The van der Waals surface area contributed by atoms with Crippen molar-refractivity contribution in [1.29, 1.82) is 0 Å². The molecule has 1 heterocycles. The molecule has 16 heavy (non-hydrogen) atoms. The van der Waals surface area contributed by atoms with Gasteiger partial charge in [-0.15, -0.1) is 0 Å². The van der Waals surface area contributed by atoms with Gasteiger partial charge in [0.25, 0.3) is 0 Å². The molecule has 1 rings (SSSR count). The van der Waals surface area contributed by atoms with Crippen molar-refractivity contribution in [2.75, 3.05) is 12.3 Å². The van der Waals surface area contributed by atoms with Crippen LogP contribution in [0.5, 0.6) is 0 Å². The van der Waals surface area contributed by atoms with E-state index in [9.17, 15) is 9.59 Å². The normalized spacial score (nSPS) is 10.1. The first-order valence-corrected chi connectivity index (χ1v) is 4.89. The number of carbonyl (C=O) groups excluding carboxylic acids is 1. The summed E-state index contributed by atoms with van der Waals surface area (Å²) in [6, 6.07) is 1.51. The van der Waals surface area contributed by atoms with E-state index in [0.717, 1.165) is 0 Å². The molecule has 0 radical (unpaired) electrons. The van der Waals surface area contributed by atoms with Crippen LogP contribution in [0, 0.1) is 0 Å². The molecule has 0 fully saturated rings. The number of hydrogen-bond donors (Lipinski definition) is 2. The van der Waals surface area contributed by atoms with Crippen LogP contribution in [-0.4, -0.2) is 28.2 Å². The third-order valence-corrected chi connectivity index (χ3v) is 2.02. The highest BCUT2D eigenvalue weighted by atomic mass is 16.5. The zero-order chi connectivity index (χ0) is 12.1. The first kappa shape index (κ1) is 12.1. The summed E-state index contributed by atoms with van der Waals surface area (Å²) >= 11 is 0. The van der Waals surface area contributed by atoms with Crippen molar-refractivity contribution in [2.45, 2.75) is 19.9 Å². The topological polar surface area (TPSA) is 94.5 Å². The van der Waals surface area contributed by atoms with Gasteiger partial charge in [-0.25, -0.2) is 4.79 Å². The Balaban J connectivity index is 2.61. The molecule has 0 aromatic carbocycles. The Hall–Kier alpha value is -1.98. The van der Waals surface area contributed by atoms with Crippen LogP contribution in [0.15, 0.2) is 12.3 Å². The number of ether oxygens (including phenoxy) is 1. The van der Waals surface area contributed by atoms with Gasteiger partial charge in [-0.2, -0.15) is 0 Å². The second-order valence-electron chi connectivity index (χ2n) is 3.22. The molecule has 3 N–H and O–H groups in total. The van der Waals surface area contributed by atoms with Crippen LogP contribution in [0.4, 0.5) is 5.69 Å². The van der Waals surface area contributed by atoms with Crippen LogP contribution in [0.25, 0.3) is 0 Å². The lowest BCUT2D eigenvalue weighted by Crippen LogP contribution is -2.13. The fraction of sp³-hybridized carbons (Fsp3) is 0.400. The van der Waals surface area contributed by atoms with Crippen LogP contribution in [-0.2, 0) is 16.1 Å². The maximum Gasteiger partial charge on any atom is 0.355 e. The molecule has 0 saturated carbocycles. The number of aromatic nitrogens is 1. The number of nitrogen functional groups attached to an aromatic ring is 1. The Morgan fingerprint density at radius 2 is 2.25 bits per heavy atom. The molecule has 0 aliphatic heterocycles. The van der Waals surface area contributed by atoms with Crippen molar-refractivity contribution in [1.82, 2.24) is 4.57 Å². The lowest BCUT2D eigenvalue weighted by Gasteiger charge is -2.05. The number of nitrogens with zero attached hydrogens (tertiary/aromatic N) is 1. The highest BCUT2D eigenvalue weighted by Crippen LogP contribution is 2.11. The standard InChI is InChI=1S/C10H14N2O4/c1-2-12-6-7(11)5-8(12)10(15)16-4-3-9(13)14/h5-6H,2-4,11H2,1H3,(H,13,14). The number of esters is 1. The molecule has 0 unspecified atom stereocenters. The minimum Gasteiger partial charge on any atom is -0.481 e. The summed E-state index contributed by atoms with van der Waals surface area (Å²) in [5.41, 5.74) is 6.36. The maximum atomic E-state index is 11.5. The Labute approximate surface area is 92.6 Å². The van der Waals surface area contributed by atoms with Gasteiger partial charge in [0.2, 0.25) is 0 Å². The Bertz CT molecular complexity index is 398. The molecular formula is C10H14N2O4. The van der Waals surface area contributed by atoms with E-state index in [1.165, 1.54) is 6.07 Å². The monoisotopic (exact) mass is 226 g/mol. The summed E-state index contributed by atoms with van der Waals surface area (Å²) in [5, 5.41) is 8.39. The Kier molecular flexibility index (Phi) is 3.93. The van der Waals surface area contributed by atoms with Gasteiger partial charge in [-0.3, -0.25) is 4.79 Å². The predicted molar refractivity (Wildman–Crippen MR) is 57.1 cm³/mol. The van der Waals surface area contributed by atoms with Gasteiger partial charge < -0.3 is 20.1 Å². The molecule has 1 aromatic heterocycles. The number of carboxylic acid groups (broad SMARTS) is 1. The number of nitrogens with two attached hydrogens (primary N) is 1.